The predicted molar refractivity (Wildman–Crippen MR) is 343 cm³/mol. The quantitative estimate of drug-likeness (QED) is 0.0320. The van der Waals surface area contributed by atoms with Crippen LogP contribution in [0.2, 0.25) is 0 Å². The molecular weight excluding hydrogens is 959 g/mol. The summed E-state index contributed by atoms with van der Waals surface area (Å²) in [5.41, 5.74) is 0. The minimum Gasteiger partial charge on any atom is -0.466 e. The predicted octanol–water partition coefficient (Wildman–Crippen LogP) is 22.7. The normalized spacial score (nSPS) is 12.7. The van der Waals surface area contributed by atoms with Gasteiger partial charge in [-0.05, 0) is 83.5 Å². The summed E-state index contributed by atoms with van der Waals surface area (Å²) in [6.45, 7) is 4.94. The minimum absolute atomic E-state index is 0.0142. The number of rotatable bonds is 66. The van der Waals surface area contributed by atoms with Crippen LogP contribution in [0, 0.1) is 0 Å². The number of ether oxygens (including phenoxy) is 1. The van der Waals surface area contributed by atoms with Gasteiger partial charge in [0.25, 0.3) is 0 Å². The van der Waals surface area contributed by atoms with Gasteiger partial charge in [0.1, 0.15) is 0 Å². The summed E-state index contributed by atoms with van der Waals surface area (Å²) in [4.78, 5) is 24.6. The topological polar surface area (TPSA) is 95.9 Å². The fourth-order valence-electron chi connectivity index (χ4n) is 11.0. The third kappa shape index (κ3) is 63.3. The van der Waals surface area contributed by atoms with Gasteiger partial charge in [0.05, 0.1) is 25.4 Å². The van der Waals surface area contributed by atoms with E-state index < -0.39 is 12.1 Å². The van der Waals surface area contributed by atoms with Crippen molar-refractivity contribution >= 4 is 11.9 Å². The highest BCUT2D eigenvalue weighted by Crippen LogP contribution is 2.18. The number of nitrogens with one attached hydrogen (secondary N) is 1. The van der Waals surface area contributed by atoms with Crippen LogP contribution in [-0.2, 0) is 14.3 Å². The van der Waals surface area contributed by atoms with E-state index in [1.807, 2.05) is 0 Å². The SMILES string of the molecule is CCCCC/C=C\C/C=C\CCCCCCCCCCCC(=O)OCCCCCCCCCCCCCC/C=C\CCCCCCCCCCCCCCCCCC(=O)NC(CO)C(O)CCCCCCCCCCCCC. The number of hydrogen-bond donors (Lipinski definition) is 3. The second kappa shape index (κ2) is 67.6. The van der Waals surface area contributed by atoms with Gasteiger partial charge in [-0.3, -0.25) is 9.59 Å². The van der Waals surface area contributed by atoms with Gasteiger partial charge in [-0.1, -0.05) is 326 Å². The van der Waals surface area contributed by atoms with Gasteiger partial charge < -0.3 is 20.3 Å². The summed E-state index contributed by atoms with van der Waals surface area (Å²) in [5, 5.41) is 23.2. The lowest BCUT2D eigenvalue weighted by atomic mass is 10.0. The number of esters is 1. The fourth-order valence-corrected chi connectivity index (χ4v) is 11.0. The zero-order valence-corrected chi connectivity index (χ0v) is 52.7. The van der Waals surface area contributed by atoms with E-state index in [1.165, 1.54) is 302 Å². The van der Waals surface area contributed by atoms with Crippen molar-refractivity contribution in [3.05, 3.63) is 36.5 Å². The Kier molecular flexibility index (Phi) is 65.9. The van der Waals surface area contributed by atoms with E-state index in [4.69, 9.17) is 4.74 Å². The van der Waals surface area contributed by atoms with E-state index in [2.05, 4.69) is 55.6 Å². The van der Waals surface area contributed by atoms with Crippen LogP contribution in [0.1, 0.15) is 386 Å². The molecule has 78 heavy (non-hydrogen) atoms. The molecule has 0 bridgehead atoms. The van der Waals surface area contributed by atoms with Crippen molar-refractivity contribution in [2.45, 2.75) is 398 Å². The second-order valence-electron chi connectivity index (χ2n) is 24.2. The first-order valence-electron chi connectivity index (χ1n) is 35.2. The lowest BCUT2D eigenvalue weighted by Gasteiger charge is -2.22. The van der Waals surface area contributed by atoms with Gasteiger partial charge in [-0.15, -0.1) is 0 Å². The fraction of sp³-hybridized carbons (Fsp3) is 0.889. The Bertz CT molecular complexity index is 1260. The maximum Gasteiger partial charge on any atom is 0.305 e. The monoisotopic (exact) mass is 1100 g/mol. The van der Waals surface area contributed by atoms with Crippen molar-refractivity contribution in [1.29, 1.82) is 0 Å². The molecule has 2 unspecified atom stereocenters. The summed E-state index contributed by atoms with van der Waals surface area (Å²) in [6.07, 6.45) is 86.3. The first kappa shape index (κ1) is 76.1. The van der Waals surface area contributed by atoms with Crippen LogP contribution in [0.25, 0.3) is 0 Å². The van der Waals surface area contributed by atoms with Gasteiger partial charge in [0.2, 0.25) is 5.91 Å². The number of unbranched alkanes of at least 4 members (excludes halogenated alkanes) is 49. The lowest BCUT2D eigenvalue weighted by Crippen LogP contribution is -2.45. The molecule has 6 heteroatoms. The van der Waals surface area contributed by atoms with Gasteiger partial charge in [0, 0.05) is 12.8 Å². The van der Waals surface area contributed by atoms with Crippen LogP contribution in [0.5, 0.6) is 0 Å². The van der Waals surface area contributed by atoms with Crippen LogP contribution in [0.4, 0.5) is 0 Å². The van der Waals surface area contributed by atoms with Crippen LogP contribution in [-0.4, -0.2) is 47.4 Å². The third-order valence-electron chi connectivity index (χ3n) is 16.4. The first-order chi connectivity index (χ1) is 38.5. The number of hydrogen-bond acceptors (Lipinski definition) is 5. The number of amides is 1. The molecule has 0 rings (SSSR count). The Labute approximate surface area is 487 Å². The molecule has 0 aliphatic carbocycles. The highest BCUT2D eigenvalue weighted by Gasteiger charge is 2.20. The summed E-state index contributed by atoms with van der Waals surface area (Å²) >= 11 is 0. The number of carbonyl (C=O) groups is 2. The molecule has 0 radical (unpaired) electrons. The smallest absolute Gasteiger partial charge is 0.305 e. The van der Waals surface area contributed by atoms with Crippen molar-refractivity contribution < 1.29 is 24.5 Å². The van der Waals surface area contributed by atoms with E-state index in [-0.39, 0.29) is 18.5 Å². The van der Waals surface area contributed by atoms with Gasteiger partial charge in [-0.25, -0.2) is 0 Å². The summed E-state index contributed by atoms with van der Waals surface area (Å²) in [7, 11) is 0. The largest absolute Gasteiger partial charge is 0.466 e. The van der Waals surface area contributed by atoms with Crippen LogP contribution >= 0.6 is 0 Å². The molecular formula is C72H137NO5. The lowest BCUT2D eigenvalue weighted by molar-refractivity contribution is -0.143. The average molecular weight is 1100 g/mol. The Morgan fingerprint density at radius 2 is 0.641 bits per heavy atom. The number of aliphatic hydroxyl groups is 2. The number of carbonyl (C=O) groups excluding carboxylic acids is 2. The Hall–Kier alpha value is -1.92. The van der Waals surface area contributed by atoms with Gasteiger partial charge in [0.15, 0.2) is 0 Å². The molecule has 0 aromatic heterocycles. The Morgan fingerprint density at radius 3 is 1.01 bits per heavy atom. The molecule has 0 aromatic rings. The van der Waals surface area contributed by atoms with Crippen LogP contribution in [0.3, 0.4) is 0 Å². The summed E-state index contributed by atoms with van der Waals surface area (Å²) < 4.78 is 5.51. The molecule has 0 aliphatic heterocycles. The Morgan fingerprint density at radius 1 is 0.359 bits per heavy atom. The number of allylic oxidation sites excluding steroid dienone is 6. The highest BCUT2D eigenvalue weighted by atomic mass is 16.5. The maximum absolute atomic E-state index is 12.5. The average Bonchev–Trinajstić information content (AvgIpc) is 3.44. The van der Waals surface area contributed by atoms with Crippen molar-refractivity contribution in [3.63, 3.8) is 0 Å². The van der Waals surface area contributed by atoms with E-state index in [0.717, 1.165) is 51.4 Å². The van der Waals surface area contributed by atoms with E-state index in [0.29, 0.717) is 25.9 Å². The van der Waals surface area contributed by atoms with Gasteiger partial charge >= 0.3 is 5.97 Å². The van der Waals surface area contributed by atoms with E-state index in [9.17, 15) is 19.8 Å². The Balaban J connectivity index is 3.33. The van der Waals surface area contributed by atoms with Crippen molar-refractivity contribution in [3.8, 4) is 0 Å². The molecule has 2 atom stereocenters. The highest BCUT2D eigenvalue weighted by molar-refractivity contribution is 5.76. The zero-order chi connectivity index (χ0) is 56.4. The third-order valence-corrected chi connectivity index (χ3v) is 16.4. The summed E-state index contributed by atoms with van der Waals surface area (Å²) in [6, 6.07) is -0.538. The molecule has 0 fully saturated rings. The standard InChI is InChI=1S/C72H137NO5/c1-3-5-7-9-11-13-15-16-17-18-32-36-39-42-46-50-54-58-62-66-72(77)78-67-63-59-55-51-47-43-40-37-34-31-29-27-25-23-21-19-20-22-24-26-28-30-33-35-38-41-45-49-53-57-61-65-71(76)73-69(68-74)70(75)64-60-56-52-48-44-14-12-10-8-6-4-2/h11,13,16-17,21,23,69-70,74-75H,3-10,12,14-15,18-20,22,24-68H2,1-2H3,(H,73,76)/b13-11-,17-16-,23-21-. The zero-order valence-electron chi connectivity index (χ0n) is 52.7. The second-order valence-corrected chi connectivity index (χ2v) is 24.2. The minimum atomic E-state index is -0.661. The summed E-state index contributed by atoms with van der Waals surface area (Å²) in [5.74, 6) is -0.0182. The molecule has 0 spiro atoms. The van der Waals surface area contributed by atoms with Crippen molar-refractivity contribution in [1.82, 2.24) is 5.32 Å². The number of aliphatic hydroxyl groups excluding tert-OH is 2. The molecule has 6 nitrogen and oxygen atoms in total. The molecule has 3 N–H and O–H groups in total. The van der Waals surface area contributed by atoms with Gasteiger partial charge in [-0.2, -0.15) is 0 Å². The first-order valence-corrected chi connectivity index (χ1v) is 35.2. The molecule has 0 aromatic carbocycles. The molecule has 0 aliphatic rings. The van der Waals surface area contributed by atoms with E-state index in [1.54, 1.807) is 0 Å². The van der Waals surface area contributed by atoms with E-state index >= 15 is 0 Å². The molecule has 0 heterocycles. The van der Waals surface area contributed by atoms with Crippen molar-refractivity contribution in [2.75, 3.05) is 13.2 Å². The van der Waals surface area contributed by atoms with Crippen molar-refractivity contribution in [2.24, 2.45) is 0 Å². The molecule has 0 saturated heterocycles. The van der Waals surface area contributed by atoms with Crippen LogP contribution < -0.4 is 5.32 Å². The molecule has 0 saturated carbocycles. The molecule has 460 valence electrons. The molecule has 1 amide bonds. The van der Waals surface area contributed by atoms with Crippen LogP contribution in [0.15, 0.2) is 36.5 Å². The maximum atomic E-state index is 12.5.